The molecule has 0 amide bonds. The Morgan fingerprint density at radius 2 is 1.80 bits per heavy atom. The lowest BCUT2D eigenvalue weighted by Gasteiger charge is -2.21. The molecule has 0 aliphatic carbocycles. The van der Waals surface area contributed by atoms with Gasteiger partial charge in [-0.3, -0.25) is 0 Å². The lowest BCUT2D eigenvalue weighted by atomic mass is 10.0. The molecule has 1 aromatic rings. The minimum Gasteiger partial charge on any atom is -0.478 e. The van der Waals surface area contributed by atoms with Gasteiger partial charge in [0, 0.05) is 12.0 Å². The molecular weight excluding hydrogens is 316 g/mol. The summed E-state index contributed by atoms with van der Waals surface area (Å²) in [5.41, 5.74) is 0. The van der Waals surface area contributed by atoms with Crippen molar-refractivity contribution in [3.05, 3.63) is 35.8 Å². The van der Waals surface area contributed by atoms with Crippen LogP contribution in [0.2, 0.25) is 0 Å². The van der Waals surface area contributed by atoms with Gasteiger partial charge in [-0.15, -0.1) is 0 Å². The predicted molar refractivity (Wildman–Crippen MR) is 101 cm³/mol. The molecule has 0 aromatic carbocycles. The number of H-pyrrole nitrogens is 1. The molecule has 0 saturated carbocycles. The average molecular weight is 347 g/mol. The van der Waals surface area contributed by atoms with Crippen molar-refractivity contribution in [1.82, 2.24) is 4.98 Å². The molecule has 140 valence electrons. The second-order valence-corrected chi connectivity index (χ2v) is 6.61. The van der Waals surface area contributed by atoms with Gasteiger partial charge in [0.1, 0.15) is 6.29 Å². The highest BCUT2D eigenvalue weighted by Gasteiger charge is 2.02. The van der Waals surface area contributed by atoms with Gasteiger partial charge >= 0.3 is 5.97 Å². The lowest BCUT2D eigenvalue weighted by Crippen LogP contribution is -2.03. The highest BCUT2D eigenvalue weighted by atomic mass is 16.4. The number of unbranched alkanes of at least 4 members (excludes halogenated alkanes) is 6. The molecule has 0 bridgehead atoms. The van der Waals surface area contributed by atoms with Gasteiger partial charge in [-0.05, 0) is 18.9 Å². The first-order valence-corrected chi connectivity index (χ1v) is 9.32. The molecule has 25 heavy (non-hydrogen) atoms. The van der Waals surface area contributed by atoms with Crippen LogP contribution in [0.1, 0.15) is 64.7 Å². The average Bonchev–Trinajstić information content (AvgIpc) is 3.10. The van der Waals surface area contributed by atoms with Gasteiger partial charge in [-0.2, -0.15) is 0 Å². The van der Waals surface area contributed by atoms with Crippen molar-refractivity contribution in [2.75, 3.05) is 0 Å². The van der Waals surface area contributed by atoms with E-state index in [1.54, 1.807) is 6.08 Å². The number of hydrogen-bond acceptors (Lipinski definition) is 2. The number of nitrogens with one attached hydrogen (secondary N) is 1. The summed E-state index contributed by atoms with van der Waals surface area (Å²) < 4.78 is 0. The summed E-state index contributed by atoms with van der Waals surface area (Å²) in [6.07, 6.45) is 15.7. The minimum absolute atomic E-state index is 0.0976. The number of carbonyl (C=O) groups excluding carboxylic acids is 1. The molecule has 0 aliphatic rings. The Bertz CT molecular complexity index is 497. The van der Waals surface area contributed by atoms with Crippen LogP contribution in [0.3, 0.4) is 0 Å². The van der Waals surface area contributed by atoms with E-state index in [0.717, 1.165) is 44.2 Å². The lowest BCUT2D eigenvalue weighted by molar-refractivity contribution is -0.131. The summed E-state index contributed by atoms with van der Waals surface area (Å²) in [4.78, 5) is 24.3. The Morgan fingerprint density at radius 3 is 2.36 bits per heavy atom. The standard InChI is InChI=1S/C20H31N2O3/c1-17(16-23)10-7-5-3-2-4-6-8-11-18(13-14-20(24)25)22-19-12-9-15-21-19/h9,12-18,21H,2-8,10-11H2,1H3,(H,24,25)/q-1/b14-13+/t17-,18+/m0/s1. The number of rotatable bonds is 15. The predicted octanol–water partition coefficient (Wildman–Crippen LogP) is 5.38. The van der Waals surface area contributed by atoms with Gasteiger partial charge in [0.2, 0.25) is 0 Å². The van der Waals surface area contributed by atoms with Gasteiger partial charge in [0.15, 0.2) is 0 Å². The van der Waals surface area contributed by atoms with Crippen LogP contribution in [0.4, 0.5) is 5.82 Å². The third kappa shape index (κ3) is 11.2. The van der Waals surface area contributed by atoms with Crippen LogP contribution in [0.25, 0.3) is 5.32 Å². The maximum absolute atomic E-state index is 10.7. The third-order valence-corrected chi connectivity index (χ3v) is 4.24. The number of nitrogens with zero attached hydrogens (tertiary/aromatic N) is 1. The molecule has 1 heterocycles. The fourth-order valence-electron chi connectivity index (χ4n) is 2.75. The van der Waals surface area contributed by atoms with Gasteiger partial charge in [0.25, 0.3) is 0 Å². The molecular formula is C20H31N2O3-. The van der Waals surface area contributed by atoms with Crippen LogP contribution < -0.4 is 0 Å². The summed E-state index contributed by atoms with van der Waals surface area (Å²) in [5.74, 6) is 0.0411. The zero-order valence-electron chi connectivity index (χ0n) is 15.2. The molecule has 5 heteroatoms. The van der Waals surface area contributed by atoms with E-state index in [9.17, 15) is 9.59 Å². The van der Waals surface area contributed by atoms with Crippen LogP contribution >= 0.6 is 0 Å². The summed E-state index contributed by atoms with van der Waals surface area (Å²) in [6.45, 7) is 1.97. The molecule has 1 aromatic heterocycles. The summed E-state index contributed by atoms with van der Waals surface area (Å²) in [7, 11) is 0. The third-order valence-electron chi connectivity index (χ3n) is 4.24. The topological polar surface area (TPSA) is 84.3 Å². The van der Waals surface area contributed by atoms with E-state index in [1.165, 1.54) is 31.8 Å². The number of carbonyl (C=O) groups is 2. The van der Waals surface area contributed by atoms with Crippen molar-refractivity contribution in [2.24, 2.45) is 5.92 Å². The van der Waals surface area contributed by atoms with Gasteiger partial charge in [-0.25, -0.2) is 4.79 Å². The normalized spacial score (nSPS) is 13.6. The molecule has 5 nitrogen and oxygen atoms in total. The molecule has 0 aliphatic heterocycles. The first-order valence-electron chi connectivity index (χ1n) is 9.32. The number of aliphatic carboxylic acids is 1. The Balaban J connectivity index is 2.13. The van der Waals surface area contributed by atoms with Crippen LogP contribution in [0.5, 0.6) is 0 Å². The van der Waals surface area contributed by atoms with E-state index in [0.29, 0.717) is 0 Å². The van der Waals surface area contributed by atoms with E-state index < -0.39 is 5.97 Å². The van der Waals surface area contributed by atoms with Crippen LogP contribution in [-0.2, 0) is 9.59 Å². The number of aromatic nitrogens is 1. The first-order chi connectivity index (χ1) is 12.1. The van der Waals surface area contributed by atoms with E-state index in [4.69, 9.17) is 5.11 Å². The Hall–Kier alpha value is -2.04. The Morgan fingerprint density at radius 1 is 1.16 bits per heavy atom. The number of carboxylic acid groups (broad SMARTS) is 1. The van der Waals surface area contributed by atoms with Crippen molar-refractivity contribution < 1.29 is 14.7 Å². The highest BCUT2D eigenvalue weighted by Crippen LogP contribution is 2.23. The van der Waals surface area contributed by atoms with Gasteiger partial charge in [0.05, 0.1) is 0 Å². The fraction of sp³-hybridized carbons (Fsp3) is 0.600. The van der Waals surface area contributed by atoms with E-state index >= 15 is 0 Å². The Kier molecular flexibility index (Phi) is 11.2. The molecule has 0 fully saturated rings. The van der Waals surface area contributed by atoms with Crippen molar-refractivity contribution in [3.8, 4) is 0 Å². The van der Waals surface area contributed by atoms with Crippen LogP contribution in [-0.4, -0.2) is 28.4 Å². The number of aldehydes is 1. The summed E-state index contributed by atoms with van der Waals surface area (Å²) >= 11 is 0. The quantitative estimate of drug-likeness (QED) is 0.254. The van der Waals surface area contributed by atoms with E-state index in [1.807, 2.05) is 25.3 Å². The zero-order valence-corrected chi connectivity index (χ0v) is 15.2. The maximum Gasteiger partial charge on any atom is 0.327 e. The van der Waals surface area contributed by atoms with Crippen LogP contribution in [0.15, 0.2) is 30.5 Å². The van der Waals surface area contributed by atoms with Crippen molar-refractivity contribution in [2.45, 2.75) is 70.8 Å². The zero-order chi connectivity index (χ0) is 18.3. The molecule has 0 saturated heterocycles. The van der Waals surface area contributed by atoms with Crippen molar-refractivity contribution in [3.63, 3.8) is 0 Å². The number of aromatic amines is 1. The monoisotopic (exact) mass is 347 g/mol. The van der Waals surface area contributed by atoms with Crippen molar-refractivity contribution in [1.29, 1.82) is 0 Å². The molecule has 0 unspecified atom stereocenters. The Labute approximate surface area is 150 Å². The molecule has 2 atom stereocenters. The molecule has 1 rings (SSSR count). The largest absolute Gasteiger partial charge is 0.478 e. The minimum atomic E-state index is -0.935. The highest BCUT2D eigenvalue weighted by molar-refractivity contribution is 5.80. The SMILES string of the molecule is C[C@H](C=O)CCCCCCCCC[C@H](/C=C/C(=O)O)[N-]c1ccc[nH]1. The van der Waals surface area contributed by atoms with Crippen molar-refractivity contribution >= 4 is 18.1 Å². The van der Waals surface area contributed by atoms with E-state index in [-0.39, 0.29) is 12.0 Å². The van der Waals surface area contributed by atoms with Crippen LogP contribution in [0, 0.1) is 5.92 Å². The molecule has 0 radical (unpaired) electrons. The van der Waals surface area contributed by atoms with Gasteiger partial charge in [-0.1, -0.05) is 82.1 Å². The smallest absolute Gasteiger partial charge is 0.327 e. The second-order valence-electron chi connectivity index (χ2n) is 6.61. The number of carboxylic acids is 1. The first kappa shape index (κ1) is 21.0. The summed E-state index contributed by atoms with van der Waals surface area (Å²) in [5, 5.41) is 13.3. The van der Waals surface area contributed by atoms with E-state index in [2.05, 4.69) is 10.3 Å². The molecule has 2 N–H and O–H groups in total. The maximum atomic E-state index is 10.7. The fourth-order valence-corrected chi connectivity index (χ4v) is 2.75. The summed E-state index contributed by atoms with van der Waals surface area (Å²) in [6, 6.07) is 3.67. The molecule has 0 spiro atoms. The second kappa shape index (κ2) is 13.3. The van der Waals surface area contributed by atoms with Gasteiger partial charge < -0.3 is 20.2 Å². The number of hydrogen-bond donors (Lipinski definition) is 2.